The molecule has 0 aromatic carbocycles. The highest BCUT2D eigenvalue weighted by Crippen LogP contribution is 2.46. The topological polar surface area (TPSA) is 63.4 Å². The SMILES string of the molecule is CC1CC(NC2CCC3NCN([C@@H]4CCC5CCC(F)CC54)C3N2)NN1. The second-order valence-corrected chi connectivity index (χ2v) is 9.35. The van der Waals surface area contributed by atoms with Crippen LogP contribution in [0.1, 0.15) is 58.3 Å². The molecule has 5 fully saturated rings. The fraction of sp³-hybridized carbons (Fsp3) is 1.00. The standard InChI is InChI=1S/C19H35FN6/c1-11-8-18(25-24-11)22-17-7-5-15-19(23-17)26(10-21-15)16-6-3-12-2-4-13(20)9-14(12)16/h11-19,21-25H,2-10H2,1H3/t11?,12?,13?,14?,15?,16-,17?,18?,19?/m1/s1. The van der Waals surface area contributed by atoms with Crippen molar-refractivity contribution in [3.8, 4) is 0 Å². The number of fused-ring (bicyclic) bond motifs is 2. The van der Waals surface area contributed by atoms with E-state index < -0.39 is 6.17 Å². The molecular weight excluding hydrogens is 331 g/mol. The fourth-order valence-corrected chi connectivity index (χ4v) is 6.35. The van der Waals surface area contributed by atoms with Crippen LogP contribution >= 0.6 is 0 Å². The van der Waals surface area contributed by atoms with Crippen molar-refractivity contribution in [2.24, 2.45) is 11.8 Å². The Balaban J connectivity index is 1.23. The molecule has 3 aliphatic heterocycles. The second-order valence-electron chi connectivity index (χ2n) is 9.35. The molecule has 3 saturated heterocycles. The van der Waals surface area contributed by atoms with Crippen molar-refractivity contribution in [2.45, 2.75) is 101 Å². The molecule has 148 valence electrons. The molecule has 9 atom stereocenters. The molecule has 0 aromatic rings. The molecule has 0 bridgehead atoms. The lowest BCUT2D eigenvalue weighted by atomic mass is 9.79. The molecule has 0 radical (unpaired) electrons. The summed E-state index contributed by atoms with van der Waals surface area (Å²) >= 11 is 0. The van der Waals surface area contributed by atoms with Crippen LogP contribution < -0.4 is 26.8 Å². The largest absolute Gasteiger partial charge is 0.299 e. The highest BCUT2D eigenvalue weighted by molar-refractivity contribution is 5.02. The number of nitrogens with one attached hydrogen (secondary N) is 5. The first-order chi connectivity index (χ1) is 12.7. The molecule has 6 nitrogen and oxygen atoms in total. The third-order valence-electron chi connectivity index (χ3n) is 7.65. The predicted octanol–water partition coefficient (Wildman–Crippen LogP) is 0.972. The number of rotatable bonds is 3. The van der Waals surface area contributed by atoms with Gasteiger partial charge in [0, 0.05) is 18.1 Å². The van der Waals surface area contributed by atoms with Crippen molar-refractivity contribution in [3.05, 3.63) is 0 Å². The van der Waals surface area contributed by atoms with Crippen LogP contribution in [-0.2, 0) is 0 Å². The Bertz CT molecular complexity index is 506. The summed E-state index contributed by atoms with van der Waals surface area (Å²) in [6, 6.07) is 1.60. The van der Waals surface area contributed by atoms with Gasteiger partial charge in [-0.05, 0) is 70.1 Å². The highest BCUT2D eigenvalue weighted by Gasteiger charge is 2.48. The quantitative estimate of drug-likeness (QED) is 0.513. The van der Waals surface area contributed by atoms with E-state index in [0.29, 0.717) is 42.5 Å². The molecule has 7 heteroatoms. The van der Waals surface area contributed by atoms with Crippen molar-refractivity contribution in [1.82, 2.24) is 31.7 Å². The molecule has 0 aromatic heterocycles. The maximum Gasteiger partial charge on any atom is 0.100 e. The highest BCUT2D eigenvalue weighted by atomic mass is 19.1. The molecule has 8 unspecified atom stereocenters. The van der Waals surface area contributed by atoms with Crippen LogP contribution in [-0.4, -0.2) is 54.4 Å². The van der Waals surface area contributed by atoms with Gasteiger partial charge in [0.2, 0.25) is 0 Å². The van der Waals surface area contributed by atoms with Gasteiger partial charge >= 0.3 is 0 Å². The van der Waals surface area contributed by atoms with Gasteiger partial charge in [0.1, 0.15) is 6.17 Å². The second kappa shape index (κ2) is 7.26. The van der Waals surface area contributed by atoms with Crippen molar-refractivity contribution >= 4 is 0 Å². The van der Waals surface area contributed by atoms with Crippen molar-refractivity contribution in [3.63, 3.8) is 0 Å². The summed E-state index contributed by atoms with van der Waals surface area (Å²) in [6.45, 7) is 3.17. The summed E-state index contributed by atoms with van der Waals surface area (Å²) in [7, 11) is 0. The van der Waals surface area contributed by atoms with Gasteiger partial charge in [-0.25, -0.2) is 9.82 Å². The van der Waals surface area contributed by atoms with Gasteiger partial charge in [0.05, 0.1) is 25.2 Å². The maximum absolute atomic E-state index is 14.1. The maximum atomic E-state index is 14.1. The number of hydrazine groups is 1. The Hall–Kier alpha value is -0.310. The summed E-state index contributed by atoms with van der Waals surface area (Å²) in [6.07, 6.45) is 9.20. The van der Waals surface area contributed by atoms with E-state index in [1.807, 2.05) is 0 Å². The van der Waals surface area contributed by atoms with Crippen LogP contribution in [0, 0.1) is 11.8 Å². The number of hydrogen-bond acceptors (Lipinski definition) is 6. The van der Waals surface area contributed by atoms with Crippen molar-refractivity contribution in [2.75, 3.05) is 6.67 Å². The average Bonchev–Trinajstić information content (AvgIpc) is 3.33. The van der Waals surface area contributed by atoms with Crippen LogP contribution in [0.4, 0.5) is 4.39 Å². The van der Waals surface area contributed by atoms with E-state index in [9.17, 15) is 4.39 Å². The molecule has 5 rings (SSSR count). The molecule has 5 aliphatic rings. The van der Waals surface area contributed by atoms with E-state index >= 15 is 0 Å². The minimum atomic E-state index is -0.570. The lowest BCUT2D eigenvalue weighted by Crippen LogP contribution is -2.63. The summed E-state index contributed by atoms with van der Waals surface area (Å²) in [5.74, 6) is 1.33. The zero-order valence-corrected chi connectivity index (χ0v) is 15.9. The monoisotopic (exact) mass is 366 g/mol. The number of alkyl halides is 1. The Labute approximate surface area is 156 Å². The summed E-state index contributed by atoms with van der Waals surface area (Å²) in [5, 5.41) is 11.3. The van der Waals surface area contributed by atoms with Crippen molar-refractivity contribution in [1.29, 1.82) is 0 Å². The number of piperidine rings is 1. The van der Waals surface area contributed by atoms with Crippen LogP contribution in [0.2, 0.25) is 0 Å². The smallest absolute Gasteiger partial charge is 0.100 e. The van der Waals surface area contributed by atoms with Gasteiger partial charge < -0.3 is 0 Å². The normalized spacial score (nSPS) is 52.2. The van der Waals surface area contributed by atoms with E-state index in [2.05, 4.69) is 38.6 Å². The van der Waals surface area contributed by atoms with Crippen LogP contribution in [0.5, 0.6) is 0 Å². The molecule has 2 saturated carbocycles. The van der Waals surface area contributed by atoms with Gasteiger partial charge in [-0.15, -0.1) is 0 Å². The van der Waals surface area contributed by atoms with Gasteiger partial charge in [0.15, 0.2) is 0 Å². The van der Waals surface area contributed by atoms with E-state index in [1.54, 1.807) is 0 Å². The number of nitrogens with zero attached hydrogens (tertiary/aromatic N) is 1. The summed E-state index contributed by atoms with van der Waals surface area (Å²) in [4.78, 5) is 2.64. The number of halogens is 1. The van der Waals surface area contributed by atoms with Crippen molar-refractivity contribution < 1.29 is 4.39 Å². The summed E-state index contributed by atoms with van der Waals surface area (Å²) in [5.41, 5.74) is 6.65. The van der Waals surface area contributed by atoms with E-state index in [0.717, 1.165) is 44.7 Å². The molecule has 0 amide bonds. The lowest BCUT2D eigenvalue weighted by Gasteiger charge is -2.42. The average molecular weight is 367 g/mol. The van der Waals surface area contributed by atoms with Crippen LogP contribution in [0.15, 0.2) is 0 Å². The Morgan fingerprint density at radius 3 is 2.69 bits per heavy atom. The van der Waals surface area contributed by atoms with Gasteiger partial charge in [0.25, 0.3) is 0 Å². The lowest BCUT2D eigenvalue weighted by molar-refractivity contribution is 0.0516. The van der Waals surface area contributed by atoms with E-state index in [-0.39, 0.29) is 0 Å². The predicted molar refractivity (Wildman–Crippen MR) is 99.6 cm³/mol. The van der Waals surface area contributed by atoms with Gasteiger partial charge in [-0.3, -0.25) is 26.3 Å². The molecule has 26 heavy (non-hydrogen) atoms. The number of hydrogen-bond donors (Lipinski definition) is 5. The molecule has 2 aliphatic carbocycles. The minimum Gasteiger partial charge on any atom is -0.299 e. The third-order valence-corrected chi connectivity index (χ3v) is 7.65. The Morgan fingerprint density at radius 1 is 0.962 bits per heavy atom. The minimum absolute atomic E-state index is 0.336. The first-order valence-corrected chi connectivity index (χ1v) is 10.8. The Morgan fingerprint density at radius 2 is 1.85 bits per heavy atom. The fourth-order valence-electron chi connectivity index (χ4n) is 6.35. The van der Waals surface area contributed by atoms with E-state index in [1.165, 1.54) is 19.3 Å². The molecule has 5 N–H and O–H groups in total. The summed E-state index contributed by atoms with van der Waals surface area (Å²) < 4.78 is 14.1. The van der Waals surface area contributed by atoms with Crippen LogP contribution in [0.25, 0.3) is 0 Å². The zero-order valence-electron chi connectivity index (χ0n) is 15.9. The molecule has 0 spiro atoms. The first kappa shape index (κ1) is 17.8. The van der Waals surface area contributed by atoms with Gasteiger partial charge in [-0.1, -0.05) is 0 Å². The molecule has 3 heterocycles. The van der Waals surface area contributed by atoms with Crippen LogP contribution in [0.3, 0.4) is 0 Å². The third kappa shape index (κ3) is 3.31. The van der Waals surface area contributed by atoms with E-state index in [4.69, 9.17) is 0 Å². The molecular formula is C19H35FN6. The zero-order chi connectivity index (χ0) is 17.7. The first-order valence-electron chi connectivity index (χ1n) is 10.8. The Kier molecular flexibility index (Phi) is 4.96. The van der Waals surface area contributed by atoms with Gasteiger partial charge in [-0.2, -0.15) is 0 Å².